The molecule has 0 aromatic heterocycles. The predicted octanol–water partition coefficient (Wildman–Crippen LogP) is 3.60. The largest absolute Gasteiger partial charge is 0.478 e. The van der Waals surface area contributed by atoms with E-state index in [1.165, 1.54) is 60.8 Å². The monoisotopic (exact) mass is 457 g/mol. The van der Waals surface area contributed by atoms with E-state index in [1.807, 2.05) is 0 Å². The average molecular weight is 458 g/mol. The third-order valence-corrected chi connectivity index (χ3v) is 5.63. The number of rotatable bonds is 7. The van der Waals surface area contributed by atoms with Crippen LogP contribution in [0.3, 0.4) is 0 Å². The number of carboxylic acids is 1. The lowest BCUT2D eigenvalue weighted by Gasteiger charge is -2.09. The van der Waals surface area contributed by atoms with Gasteiger partial charge in [0.1, 0.15) is 0 Å². The SMILES string of the molecule is O=C(O)c1ccc(/C=N\NC(=O)c2cccc(S(=O)(=O)Nc3cccc(Cl)c3)c2)cc1. The van der Waals surface area contributed by atoms with Crippen LogP contribution >= 0.6 is 11.6 Å². The second-order valence-electron chi connectivity index (χ2n) is 6.27. The Balaban J connectivity index is 1.70. The first-order valence-corrected chi connectivity index (χ1v) is 10.7. The van der Waals surface area contributed by atoms with Crippen LogP contribution in [0.5, 0.6) is 0 Å². The number of aromatic carboxylic acids is 1. The van der Waals surface area contributed by atoms with Crippen LogP contribution in [0.4, 0.5) is 5.69 Å². The summed E-state index contributed by atoms with van der Waals surface area (Å²) in [6.45, 7) is 0. The fourth-order valence-electron chi connectivity index (χ4n) is 2.51. The summed E-state index contributed by atoms with van der Waals surface area (Å²) in [5, 5.41) is 13.1. The lowest BCUT2D eigenvalue weighted by molar-refractivity contribution is 0.0696. The molecular weight excluding hydrogens is 442 g/mol. The number of halogens is 1. The number of amides is 1. The van der Waals surface area contributed by atoms with Crippen molar-refractivity contribution in [3.63, 3.8) is 0 Å². The fraction of sp³-hybridized carbons (Fsp3) is 0. The molecule has 1 amide bonds. The number of carboxylic acid groups (broad SMARTS) is 1. The third kappa shape index (κ3) is 5.91. The zero-order valence-electron chi connectivity index (χ0n) is 15.8. The molecule has 158 valence electrons. The molecule has 3 aromatic carbocycles. The fourth-order valence-corrected chi connectivity index (χ4v) is 3.80. The van der Waals surface area contributed by atoms with Gasteiger partial charge in [-0.25, -0.2) is 18.6 Å². The van der Waals surface area contributed by atoms with E-state index in [1.54, 1.807) is 18.2 Å². The summed E-state index contributed by atoms with van der Waals surface area (Å²) in [4.78, 5) is 23.1. The van der Waals surface area contributed by atoms with Gasteiger partial charge >= 0.3 is 5.97 Å². The molecule has 0 fully saturated rings. The van der Waals surface area contributed by atoms with Crippen LogP contribution in [-0.2, 0) is 10.0 Å². The van der Waals surface area contributed by atoms with Crippen molar-refractivity contribution in [1.82, 2.24) is 5.43 Å². The topological polar surface area (TPSA) is 125 Å². The lowest BCUT2D eigenvalue weighted by atomic mass is 10.1. The molecule has 0 aliphatic heterocycles. The smallest absolute Gasteiger partial charge is 0.335 e. The Bertz CT molecular complexity index is 1260. The van der Waals surface area contributed by atoms with Gasteiger partial charge in [-0.2, -0.15) is 5.10 Å². The average Bonchev–Trinajstić information content (AvgIpc) is 2.74. The van der Waals surface area contributed by atoms with Gasteiger partial charge in [0, 0.05) is 10.6 Å². The summed E-state index contributed by atoms with van der Waals surface area (Å²) in [5.74, 6) is -1.66. The van der Waals surface area contributed by atoms with Gasteiger partial charge in [-0.3, -0.25) is 9.52 Å². The highest BCUT2D eigenvalue weighted by Crippen LogP contribution is 2.20. The minimum atomic E-state index is -3.94. The lowest BCUT2D eigenvalue weighted by Crippen LogP contribution is -2.19. The first kappa shape index (κ1) is 22.0. The second kappa shape index (κ2) is 9.41. The maximum Gasteiger partial charge on any atom is 0.335 e. The Morgan fingerprint density at radius 2 is 1.65 bits per heavy atom. The number of hydrazone groups is 1. The van der Waals surface area contributed by atoms with E-state index in [-0.39, 0.29) is 16.0 Å². The summed E-state index contributed by atoms with van der Waals surface area (Å²) >= 11 is 5.87. The number of nitrogens with zero attached hydrogens (tertiary/aromatic N) is 1. The molecule has 0 saturated heterocycles. The molecule has 10 heteroatoms. The highest BCUT2D eigenvalue weighted by Gasteiger charge is 2.16. The zero-order valence-corrected chi connectivity index (χ0v) is 17.4. The van der Waals surface area contributed by atoms with Crippen LogP contribution in [0.1, 0.15) is 26.3 Å². The summed E-state index contributed by atoms with van der Waals surface area (Å²) in [6, 6.07) is 17.6. The van der Waals surface area contributed by atoms with Crippen molar-refractivity contribution in [3.05, 3.63) is 94.5 Å². The molecular formula is C21H16ClN3O5S. The van der Waals surface area contributed by atoms with E-state index in [9.17, 15) is 18.0 Å². The van der Waals surface area contributed by atoms with Crippen molar-refractivity contribution in [3.8, 4) is 0 Å². The number of anilines is 1. The van der Waals surface area contributed by atoms with Gasteiger partial charge in [0.05, 0.1) is 22.4 Å². The van der Waals surface area contributed by atoms with Crippen LogP contribution in [0.25, 0.3) is 0 Å². The Morgan fingerprint density at radius 3 is 2.32 bits per heavy atom. The van der Waals surface area contributed by atoms with Crippen molar-refractivity contribution in [1.29, 1.82) is 0 Å². The third-order valence-electron chi connectivity index (χ3n) is 4.02. The molecule has 0 aliphatic carbocycles. The number of hydrogen-bond acceptors (Lipinski definition) is 5. The van der Waals surface area contributed by atoms with Gasteiger partial charge in [0.2, 0.25) is 0 Å². The normalized spacial score (nSPS) is 11.3. The Morgan fingerprint density at radius 1 is 0.935 bits per heavy atom. The predicted molar refractivity (Wildman–Crippen MR) is 117 cm³/mol. The van der Waals surface area contributed by atoms with Crippen molar-refractivity contribution >= 4 is 45.4 Å². The molecule has 0 bridgehead atoms. The molecule has 0 atom stereocenters. The van der Waals surface area contributed by atoms with E-state index in [2.05, 4.69) is 15.2 Å². The number of sulfonamides is 1. The standard InChI is InChI=1S/C21H16ClN3O5S/c22-17-4-2-5-18(12-17)25-31(29,30)19-6-1-3-16(11-19)20(26)24-23-13-14-7-9-15(10-8-14)21(27)28/h1-13,25H,(H,24,26)(H,27,28)/b23-13-. The molecule has 3 N–H and O–H groups in total. The van der Waals surface area contributed by atoms with E-state index in [0.29, 0.717) is 16.3 Å². The molecule has 0 aliphatic rings. The second-order valence-corrected chi connectivity index (χ2v) is 8.39. The van der Waals surface area contributed by atoms with E-state index >= 15 is 0 Å². The Labute approximate surface area is 183 Å². The summed E-state index contributed by atoms with van der Waals surface area (Å²) in [6.07, 6.45) is 1.34. The van der Waals surface area contributed by atoms with Crippen molar-refractivity contribution in [2.24, 2.45) is 5.10 Å². The molecule has 0 unspecified atom stereocenters. The van der Waals surface area contributed by atoms with Gasteiger partial charge in [0.25, 0.3) is 15.9 Å². The molecule has 31 heavy (non-hydrogen) atoms. The Hall–Kier alpha value is -3.69. The molecule has 0 radical (unpaired) electrons. The van der Waals surface area contributed by atoms with Gasteiger partial charge in [0.15, 0.2) is 0 Å². The highest BCUT2D eigenvalue weighted by atomic mass is 35.5. The van der Waals surface area contributed by atoms with Crippen molar-refractivity contribution in [2.45, 2.75) is 4.90 Å². The number of benzene rings is 3. The number of hydrogen-bond donors (Lipinski definition) is 3. The van der Waals surface area contributed by atoms with Gasteiger partial charge in [-0.1, -0.05) is 35.9 Å². The molecule has 0 heterocycles. The number of carbonyl (C=O) groups excluding carboxylic acids is 1. The minimum absolute atomic E-state index is 0.0901. The van der Waals surface area contributed by atoms with Crippen LogP contribution in [-0.4, -0.2) is 31.6 Å². The molecule has 3 rings (SSSR count). The minimum Gasteiger partial charge on any atom is -0.478 e. The first-order valence-electron chi connectivity index (χ1n) is 8.80. The molecule has 0 saturated carbocycles. The molecule has 0 spiro atoms. The quantitative estimate of drug-likeness (QED) is 0.369. The molecule has 3 aromatic rings. The first-order chi connectivity index (χ1) is 14.7. The van der Waals surface area contributed by atoms with Crippen LogP contribution < -0.4 is 10.1 Å². The maximum absolute atomic E-state index is 12.6. The van der Waals surface area contributed by atoms with Gasteiger partial charge < -0.3 is 5.11 Å². The van der Waals surface area contributed by atoms with Gasteiger partial charge in [-0.15, -0.1) is 0 Å². The van der Waals surface area contributed by atoms with E-state index in [0.717, 1.165) is 0 Å². The Kier molecular flexibility index (Phi) is 6.68. The summed E-state index contributed by atoms with van der Waals surface area (Å²) in [5.41, 5.74) is 3.39. The van der Waals surface area contributed by atoms with Gasteiger partial charge in [-0.05, 0) is 54.1 Å². The van der Waals surface area contributed by atoms with Crippen LogP contribution in [0.2, 0.25) is 5.02 Å². The maximum atomic E-state index is 12.6. The van der Waals surface area contributed by atoms with Crippen LogP contribution in [0, 0.1) is 0 Å². The van der Waals surface area contributed by atoms with Crippen LogP contribution in [0.15, 0.2) is 82.8 Å². The molecule has 8 nitrogen and oxygen atoms in total. The zero-order chi connectivity index (χ0) is 22.4. The number of carbonyl (C=O) groups is 2. The number of nitrogens with one attached hydrogen (secondary N) is 2. The van der Waals surface area contributed by atoms with Crippen molar-refractivity contribution in [2.75, 3.05) is 4.72 Å². The van der Waals surface area contributed by atoms with E-state index < -0.39 is 21.9 Å². The summed E-state index contributed by atoms with van der Waals surface area (Å²) < 4.78 is 27.6. The van der Waals surface area contributed by atoms with E-state index in [4.69, 9.17) is 16.7 Å². The highest BCUT2D eigenvalue weighted by molar-refractivity contribution is 7.92. The van der Waals surface area contributed by atoms with Crippen molar-refractivity contribution < 1.29 is 23.1 Å². The summed E-state index contributed by atoms with van der Waals surface area (Å²) in [7, 11) is -3.94.